The second kappa shape index (κ2) is 9.17. The predicted molar refractivity (Wildman–Crippen MR) is 114 cm³/mol. The molecule has 3 heterocycles. The van der Waals surface area contributed by atoms with Crippen molar-refractivity contribution in [1.29, 1.82) is 0 Å². The molecule has 0 fully saturated rings. The topological polar surface area (TPSA) is 89.6 Å². The number of nitrogens with one attached hydrogen (secondary N) is 1. The van der Waals surface area contributed by atoms with Gasteiger partial charge in [-0.1, -0.05) is 11.8 Å². The van der Waals surface area contributed by atoms with E-state index in [0.29, 0.717) is 17.9 Å². The summed E-state index contributed by atoms with van der Waals surface area (Å²) in [5, 5.41) is 14.3. The monoisotopic (exact) mass is 423 g/mol. The van der Waals surface area contributed by atoms with Crippen molar-refractivity contribution in [2.75, 3.05) is 14.2 Å². The molecule has 1 unspecified atom stereocenters. The number of hydrogen-bond donors (Lipinski definition) is 2. The molecule has 0 radical (unpaired) electrons. The van der Waals surface area contributed by atoms with E-state index in [4.69, 9.17) is 13.9 Å². The fourth-order valence-corrected chi connectivity index (χ4v) is 3.76. The molecule has 1 aromatic carbocycles. The van der Waals surface area contributed by atoms with Crippen LogP contribution in [0.5, 0.6) is 11.5 Å². The van der Waals surface area contributed by atoms with Gasteiger partial charge in [-0.15, -0.1) is 0 Å². The molecule has 30 heavy (non-hydrogen) atoms. The van der Waals surface area contributed by atoms with Gasteiger partial charge in [0.25, 0.3) is 0 Å². The second-order valence-corrected chi connectivity index (χ2v) is 7.63. The number of benzene rings is 1. The highest BCUT2D eigenvalue weighted by atomic mass is 32.2. The van der Waals surface area contributed by atoms with Gasteiger partial charge in [0.1, 0.15) is 17.3 Å². The van der Waals surface area contributed by atoms with Crippen molar-refractivity contribution < 1.29 is 19.0 Å². The molecule has 8 heteroatoms. The van der Waals surface area contributed by atoms with E-state index in [9.17, 15) is 5.11 Å². The Morgan fingerprint density at radius 3 is 2.50 bits per heavy atom. The van der Waals surface area contributed by atoms with Crippen LogP contribution < -0.4 is 14.8 Å². The van der Waals surface area contributed by atoms with Crippen LogP contribution >= 0.6 is 11.8 Å². The Hall–Kier alpha value is -3.07. The molecule has 0 aliphatic heterocycles. The molecule has 4 aromatic rings. The van der Waals surface area contributed by atoms with E-state index in [1.54, 1.807) is 50.6 Å². The predicted octanol–water partition coefficient (Wildman–Crippen LogP) is 4.17. The average molecular weight is 423 g/mol. The summed E-state index contributed by atoms with van der Waals surface area (Å²) in [7, 11) is 3.26. The molecule has 2 N–H and O–H groups in total. The van der Waals surface area contributed by atoms with Gasteiger partial charge in [0, 0.05) is 40.2 Å². The molecule has 7 nitrogen and oxygen atoms in total. The quantitative estimate of drug-likeness (QED) is 0.408. The summed E-state index contributed by atoms with van der Waals surface area (Å²) in [5.74, 6) is 1.92. The minimum atomic E-state index is -0.933. The molecule has 0 bridgehead atoms. The molecule has 0 spiro atoms. The maximum Gasteiger partial charge on any atom is 0.164 e. The Morgan fingerprint density at radius 1 is 1.03 bits per heavy atom. The summed E-state index contributed by atoms with van der Waals surface area (Å²) >= 11 is 1.57. The number of nitrogens with zero attached hydrogens (tertiary/aromatic N) is 2. The third-order valence-electron chi connectivity index (χ3n) is 4.45. The van der Waals surface area contributed by atoms with Gasteiger partial charge in [-0.25, -0.2) is 0 Å². The molecule has 0 aliphatic rings. The number of aromatic nitrogens is 2. The number of ether oxygens (including phenoxy) is 2. The molecular formula is C22H21N3O4S. The zero-order valence-electron chi connectivity index (χ0n) is 16.5. The van der Waals surface area contributed by atoms with Crippen LogP contribution in [0.4, 0.5) is 0 Å². The Morgan fingerprint density at radius 2 is 1.83 bits per heavy atom. The first kappa shape index (κ1) is 20.2. The first-order valence-electron chi connectivity index (χ1n) is 9.25. The molecule has 154 valence electrons. The van der Waals surface area contributed by atoms with Gasteiger partial charge in [0.15, 0.2) is 11.8 Å². The van der Waals surface area contributed by atoms with Gasteiger partial charge in [0.2, 0.25) is 0 Å². The highest BCUT2D eigenvalue weighted by Crippen LogP contribution is 2.33. The molecule has 0 amide bonds. The largest absolute Gasteiger partial charge is 0.497 e. The number of aliphatic hydroxyl groups is 1. The summed E-state index contributed by atoms with van der Waals surface area (Å²) in [6.45, 7) is 0.397. The van der Waals surface area contributed by atoms with Crippen molar-refractivity contribution in [2.24, 2.45) is 0 Å². The third kappa shape index (κ3) is 4.73. The Bertz CT molecular complexity index is 1080. The second-order valence-electron chi connectivity index (χ2n) is 6.48. The SMILES string of the molecule is COc1cc(OC)cc(Sc2ccc(CNC(O)c3cc4ccncc4o3)nc2)c1. The van der Waals surface area contributed by atoms with Gasteiger partial charge < -0.3 is 19.0 Å². The fraction of sp³-hybridized carbons (Fsp3) is 0.182. The van der Waals surface area contributed by atoms with Crippen LogP contribution in [0.1, 0.15) is 17.7 Å². The summed E-state index contributed by atoms with van der Waals surface area (Å²) in [4.78, 5) is 10.5. The minimum Gasteiger partial charge on any atom is -0.497 e. The molecule has 4 rings (SSSR count). The number of furan rings is 1. The smallest absolute Gasteiger partial charge is 0.164 e. The van der Waals surface area contributed by atoms with Crippen LogP contribution in [0.3, 0.4) is 0 Å². The Kier molecular flexibility index (Phi) is 6.18. The van der Waals surface area contributed by atoms with Crippen molar-refractivity contribution in [3.05, 3.63) is 72.5 Å². The van der Waals surface area contributed by atoms with E-state index in [2.05, 4.69) is 15.3 Å². The van der Waals surface area contributed by atoms with Crippen LogP contribution in [0.25, 0.3) is 11.0 Å². The number of hydrogen-bond acceptors (Lipinski definition) is 8. The van der Waals surface area contributed by atoms with Gasteiger partial charge >= 0.3 is 0 Å². The van der Waals surface area contributed by atoms with Gasteiger partial charge in [-0.2, -0.15) is 0 Å². The van der Waals surface area contributed by atoms with Gasteiger partial charge in [-0.05, 0) is 36.4 Å². The molecule has 0 aliphatic carbocycles. The van der Waals surface area contributed by atoms with Crippen molar-refractivity contribution in [3.8, 4) is 11.5 Å². The van der Waals surface area contributed by atoms with Crippen LogP contribution in [0.2, 0.25) is 0 Å². The van der Waals surface area contributed by atoms with E-state index in [1.165, 1.54) is 0 Å². The van der Waals surface area contributed by atoms with Crippen LogP contribution in [-0.2, 0) is 6.54 Å². The first-order chi connectivity index (χ1) is 14.6. The summed E-state index contributed by atoms with van der Waals surface area (Å²) in [6.07, 6.45) is 4.18. The summed E-state index contributed by atoms with van der Waals surface area (Å²) in [5.41, 5.74) is 1.45. The number of pyridine rings is 2. The van der Waals surface area contributed by atoms with E-state index in [-0.39, 0.29) is 0 Å². The maximum atomic E-state index is 10.4. The van der Waals surface area contributed by atoms with Crippen LogP contribution in [0.15, 0.2) is 75.3 Å². The van der Waals surface area contributed by atoms with E-state index in [1.807, 2.05) is 36.4 Å². The van der Waals surface area contributed by atoms with Gasteiger partial charge in [0.05, 0.1) is 26.1 Å². The van der Waals surface area contributed by atoms with Crippen LogP contribution in [-0.4, -0.2) is 29.3 Å². The lowest BCUT2D eigenvalue weighted by Crippen LogP contribution is -2.20. The van der Waals surface area contributed by atoms with Gasteiger partial charge in [-0.3, -0.25) is 15.3 Å². The maximum absolute atomic E-state index is 10.4. The molecule has 0 saturated carbocycles. The van der Waals surface area contributed by atoms with E-state index < -0.39 is 6.23 Å². The number of methoxy groups -OCH3 is 2. The summed E-state index contributed by atoms with van der Waals surface area (Å²) in [6, 6.07) is 13.3. The molecular weight excluding hydrogens is 402 g/mol. The van der Waals surface area contributed by atoms with Crippen molar-refractivity contribution in [1.82, 2.24) is 15.3 Å². The Balaban J connectivity index is 1.37. The fourth-order valence-electron chi connectivity index (χ4n) is 2.89. The number of rotatable bonds is 8. The van der Waals surface area contributed by atoms with Crippen molar-refractivity contribution in [2.45, 2.75) is 22.6 Å². The highest BCUT2D eigenvalue weighted by Gasteiger charge is 2.13. The third-order valence-corrected chi connectivity index (χ3v) is 5.39. The summed E-state index contributed by atoms with van der Waals surface area (Å²) < 4.78 is 16.2. The Labute approximate surface area is 178 Å². The number of aliphatic hydroxyl groups excluding tert-OH is 1. The van der Waals surface area contributed by atoms with E-state index in [0.717, 1.165) is 32.4 Å². The lowest BCUT2D eigenvalue weighted by Gasteiger charge is -2.10. The van der Waals surface area contributed by atoms with Crippen molar-refractivity contribution >= 4 is 22.7 Å². The molecule has 0 saturated heterocycles. The van der Waals surface area contributed by atoms with Crippen LogP contribution in [0, 0.1) is 0 Å². The average Bonchev–Trinajstić information content (AvgIpc) is 3.22. The minimum absolute atomic E-state index is 0.397. The molecule has 3 aromatic heterocycles. The van der Waals surface area contributed by atoms with Crippen molar-refractivity contribution in [3.63, 3.8) is 0 Å². The lowest BCUT2D eigenvalue weighted by molar-refractivity contribution is 0.113. The lowest BCUT2D eigenvalue weighted by atomic mass is 10.3. The standard InChI is InChI=1S/C22H21N3O4S/c1-27-16-8-17(28-2)10-19(9-16)30-18-4-3-15(24-12-18)11-25-22(26)20-7-14-5-6-23-13-21(14)29-20/h3-10,12-13,22,25-26H,11H2,1-2H3. The normalized spacial score (nSPS) is 12.1. The molecule has 1 atom stereocenters. The highest BCUT2D eigenvalue weighted by molar-refractivity contribution is 7.99. The first-order valence-corrected chi connectivity index (χ1v) is 10.1. The zero-order valence-corrected chi connectivity index (χ0v) is 17.3. The van der Waals surface area contributed by atoms with E-state index >= 15 is 0 Å². The zero-order chi connectivity index (χ0) is 20.9. The number of fused-ring (bicyclic) bond motifs is 1.